The van der Waals surface area contributed by atoms with Gasteiger partial charge in [0.15, 0.2) is 0 Å². The van der Waals surface area contributed by atoms with Gasteiger partial charge in [0.05, 0.1) is 16.5 Å². The van der Waals surface area contributed by atoms with Crippen molar-refractivity contribution in [3.05, 3.63) is 59.2 Å². The summed E-state index contributed by atoms with van der Waals surface area (Å²) >= 11 is 1.11. The topological polar surface area (TPSA) is 72.7 Å². The maximum atomic E-state index is 12.8. The van der Waals surface area contributed by atoms with Gasteiger partial charge in [-0.3, -0.25) is 4.79 Å². The number of halogens is 3. The Hall–Kier alpha value is -2.88. The first-order chi connectivity index (χ1) is 13.6. The van der Waals surface area contributed by atoms with Gasteiger partial charge >= 0.3 is 6.18 Å². The maximum absolute atomic E-state index is 12.8. The lowest BCUT2D eigenvalue weighted by molar-refractivity contribution is -0.137. The third-order valence-electron chi connectivity index (χ3n) is 4.28. The molecule has 1 amide bonds. The number of thioether (sulfide) groups is 1. The van der Waals surface area contributed by atoms with Gasteiger partial charge < -0.3 is 5.32 Å². The predicted molar refractivity (Wildman–Crippen MR) is 104 cm³/mol. The molecule has 0 aliphatic rings. The molecule has 0 spiro atoms. The van der Waals surface area contributed by atoms with Crippen molar-refractivity contribution >= 4 is 23.4 Å². The van der Waals surface area contributed by atoms with Crippen LogP contribution in [0.3, 0.4) is 0 Å². The molecule has 1 unspecified atom stereocenters. The summed E-state index contributed by atoms with van der Waals surface area (Å²) in [6.07, 6.45) is -4.48. The number of tetrazole rings is 1. The number of carbonyl (C=O) groups excluding carboxylic acids is 1. The van der Waals surface area contributed by atoms with E-state index in [2.05, 4.69) is 20.8 Å². The Balaban J connectivity index is 1.73. The fraction of sp³-hybridized carbons (Fsp3) is 0.263. The van der Waals surface area contributed by atoms with Gasteiger partial charge in [0.1, 0.15) is 0 Å². The van der Waals surface area contributed by atoms with Crippen LogP contribution in [0.2, 0.25) is 0 Å². The number of nitrogens with one attached hydrogen (secondary N) is 1. The standard InChI is InChI=1S/C19H18F3N5OS/c1-11-7-8-16(9-12(11)2)27-18(24-25-26-27)29-13(3)17(28)23-15-6-4-5-14(10-15)19(20,21)22/h4-10,13H,1-3H3,(H,23,28). The monoisotopic (exact) mass is 421 g/mol. The molecule has 2 aromatic carbocycles. The van der Waals surface area contributed by atoms with E-state index in [9.17, 15) is 18.0 Å². The molecule has 1 heterocycles. The van der Waals surface area contributed by atoms with Crippen LogP contribution in [-0.2, 0) is 11.0 Å². The quantitative estimate of drug-likeness (QED) is 0.618. The number of aryl methyl sites for hydroxylation is 2. The number of aromatic nitrogens is 4. The van der Waals surface area contributed by atoms with E-state index in [0.29, 0.717) is 5.16 Å². The van der Waals surface area contributed by atoms with E-state index in [4.69, 9.17) is 0 Å². The summed E-state index contributed by atoms with van der Waals surface area (Å²) in [5, 5.41) is 13.9. The van der Waals surface area contributed by atoms with Crippen LogP contribution in [0.5, 0.6) is 0 Å². The van der Waals surface area contributed by atoms with Crippen LogP contribution in [0.15, 0.2) is 47.6 Å². The van der Waals surface area contributed by atoms with Crippen LogP contribution in [0.25, 0.3) is 5.69 Å². The minimum atomic E-state index is -4.48. The number of anilines is 1. The van der Waals surface area contributed by atoms with Crippen LogP contribution in [-0.4, -0.2) is 31.4 Å². The van der Waals surface area contributed by atoms with Crippen molar-refractivity contribution in [3.8, 4) is 5.69 Å². The average Bonchev–Trinajstić information content (AvgIpc) is 3.11. The summed E-state index contributed by atoms with van der Waals surface area (Å²) < 4.78 is 40.0. The molecule has 3 aromatic rings. The maximum Gasteiger partial charge on any atom is 0.416 e. The van der Waals surface area contributed by atoms with Crippen molar-refractivity contribution in [1.29, 1.82) is 0 Å². The zero-order valence-electron chi connectivity index (χ0n) is 15.9. The molecule has 0 saturated carbocycles. The van der Waals surface area contributed by atoms with Gasteiger partial charge in [0.2, 0.25) is 11.1 Å². The SMILES string of the molecule is Cc1ccc(-n2nnnc2SC(C)C(=O)Nc2cccc(C(F)(F)F)c2)cc1C. The molecule has 0 aliphatic heterocycles. The van der Waals surface area contributed by atoms with Gasteiger partial charge in [-0.25, -0.2) is 0 Å². The van der Waals surface area contributed by atoms with E-state index in [1.165, 1.54) is 16.8 Å². The van der Waals surface area contributed by atoms with E-state index in [1.54, 1.807) is 6.92 Å². The molecule has 1 aromatic heterocycles. The minimum absolute atomic E-state index is 0.0750. The van der Waals surface area contributed by atoms with Gasteiger partial charge in [-0.05, 0) is 72.7 Å². The lowest BCUT2D eigenvalue weighted by Crippen LogP contribution is -2.23. The normalized spacial score (nSPS) is 12.6. The first-order valence-electron chi connectivity index (χ1n) is 8.66. The van der Waals surface area contributed by atoms with Crippen molar-refractivity contribution in [2.45, 2.75) is 37.4 Å². The summed E-state index contributed by atoms with van der Waals surface area (Å²) in [4.78, 5) is 12.5. The molecule has 152 valence electrons. The molecule has 0 aliphatic carbocycles. The minimum Gasteiger partial charge on any atom is -0.325 e. The third-order valence-corrected chi connectivity index (χ3v) is 5.32. The van der Waals surface area contributed by atoms with E-state index < -0.39 is 22.9 Å². The number of nitrogens with zero attached hydrogens (tertiary/aromatic N) is 4. The average molecular weight is 421 g/mol. The van der Waals surface area contributed by atoms with E-state index in [0.717, 1.165) is 40.7 Å². The van der Waals surface area contributed by atoms with Crippen LogP contribution in [0, 0.1) is 13.8 Å². The first kappa shape index (κ1) is 20.8. The van der Waals surface area contributed by atoms with Crippen molar-refractivity contribution in [2.24, 2.45) is 0 Å². The van der Waals surface area contributed by atoms with Crippen LogP contribution in [0.1, 0.15) is 23.6 Å². The van der Waals surface area contributed by atoms with Gasteiger partial charge in [-0.1, -0.05) is 23.9 Å². The third kappa shape index (κ3) is 4.94. The van der Waals surface area contributed by atoms with Gasteiger partial charge in [0.25, 0.3) is 0 Å². The van der Waals surface area contributed by atoms with Crippen molar-refractivity contribution in [3.63, 3.8) is 0 Å². The predicted octanol–water partition coefficient (Wildman–Crippen LogP) is 4.42. The highest BCUT2D eigenvalue weighted by atomic mass is 32.2. The highest BCUT2D eigenvalue weighted by molar-refractivity contribution is 8.00. The molecule has 3 rings (SSSR count). The molecule has 0 bridgehead atoms. The Kier molecular flexibility index (Phi) is 5.92. The second kappa shape index (κ2) is 8.24. The number of carbonyl (C=O) groups is 1. The Labute approximate surface area is 169 Å². The number of alkyl halides is 3. The highest BCUT2D eigenvalue weighted by Gasteiger charge is 2.30. The lowest BCUT2D eigenvalue weighted by atomic mass is 10.1. The van der Waals surface area contributed by atoms with E-state index >= 15 is 0 Å². The molecular formula is C19H18F3N5OS. The summed E-state index contributed by atoms with van der Waals surface area (Å²) in [5.74, 6) is -0.455. The summed E-state index contributed by atoms with van der Waals surface area (Å²) in [5.41, 5.74) is 2.21. The Bertz CT molecular complexity index is 1030. The number of hydrogen-bond acceptors (Lipinski definition) is 5. The largest absolute Gasteiger partial charge is 0.416 e. The molecule has 0 radical (unpaired) electrons. The number of amides is 1. The second-order valence-corrected chi connectivity index (χ2v) is 7.78. The summed E-state index contributed by atoms with van der Waals surface area (Å²) in [6, 6.07) is 10.3. The number of rotatable bonds is 5. The first-order valence-corrected chi connectivity index (χ1v) is 9.54. The number of hydrogen-bond donors (Lipinski definition) is 1. The lowest BCUT2D eigenvalue weighted by Gasteiger charge is -2.13. The van der Waals surface area contributed by atoms with Crippen molar-refractivity contribution < 1.29 is 18.0 Å². The molecule has 10 heteroatoms. The van der Waals surface area contributed by atoms with Gasteiger partial charge in [0, 0.05) is 5.69 Å². The second-order valence-electron chi connectivity index (χ2n) is 6.47. The Morgan fingerprint density at radius 2 is 1.90 bits per heavy atom. The fourth-order valence-corrected chi connectivity index (χ4v) is 3.31. The fourth-order valence-electron chi connectivity index (χ4n) is 2.50. The zero-order valence-corrected chi connectivity index (χ0v) is 16.7. The molecule has 1 atom stereocenters. The van der Waals surface area contributed by atoms with Crippen LogP contribution in [0.4, 0.5) is 18.9 Å². The molecule has 0 fully saturated rings. The summed E-state index contributed by atoms with van der Waals surface area (Å²) in [7, 11) is 0. The molecule has 0 saturated heterocycles. The molecular weight excluding hydrogens is 403 g/mol. The van der Waals surface area contributed by atoms with Gasteiger partial charge in [-0.2, -0.15) is 17.9 Å². The molecule has 6 nitrogen and oxygen atoms in total. The molecule has 1 N–H and O–H groups in total. The Morgan fingerprint density at radius 1 is 1.14 bits per heavy atom. The zero-order chi connectivity index (χ0) is 21.2. The summed E-state index contributed by atoms with van der Waals surface area (Å²) in [6.45, 7) is 5.60. The van der Waals surface area contributed by atoms with E-state index in [1.807, 2.05) is 32.0 Å². The highest BCUT2D eigenvalue weighted by Crippen LogP contribution is 2.31. The Morgan fingerprint density at radius 3 is 2.59 bits per heavy atom. The molecule has 29 heavy (non-hydrogen) atoms. The van der Waals surface area contributed by atoms with Crippen molar-refractivity contribution in [1.82, 2.24) is 20.2 Å². The van der Waals surface area contributed by atoms with Crippen molar-refractivity contribution in [2.75, 3.05) is 5.32 Å². The smallest absolute Gasteiger partial charge is 0.325 e. The van der Waals surface area contributed by atoms with E-state index in [-0.39, 0.29) is 5.69 Å². The number of benzene rings is 2. The van der Waals surface area contributed by atoms with Crippen LogP contribution < -0.4 is 5.32 Å². The van der Waals surface area contributed by atoms with Gasteiger partial charge in [-0.15, -0.1) is 5.10 Å². The van der Waals surface area contributed by atoms with Crippen LogP contribution >= 0.6 is 11.8 Å².